The molecule has 2 aromatic rings. The maximum Gasteiger partial charge on any atom is 0.338 e. The molecule has 0 saturated heterocycles. The summed E-state index contributed by atoms with van der Waals surface area (Å²) in [6, 6.07) is 12.6. The molecule has 1 aliphatic heterocycles. The van der Waals surface area contributed by atoms with E-state index in [1.54, 1.807) is 38.5 Å². The van der Waals surface area contributed by atoms with Crippen LogP contribution in [0, 0.1) is 5.92 Å². The first-order valence-corrected chi connectivity index (χ1v) is 8.99. The molecule has 0 aromatic heterocycles. The minimum absolute atomic E-state index is 0.104. The van der Waals surface area contributed by atoms with E-state index in [1.807, 2.05) is 18.2 Å². The summed E-state index contributed by atoms with van der Waals surface area (Å²) in [5.41, 5.74) is 2.68. The van der Waals surface area contributed by atoms with Crippen molar-refractivity contribution in [3.05, 3.63) is 59.2 Å². The van der Waals surface area contributed by atoms with Gasteiger partial charge in [0.05, 0.1) is 33.0 Å². The number of methoxy groups -OCH3 is 2. The van der Waals surface area contributed by atoms with Gasteiger partial charge in [0.1, 0.15) is 0 Å². The number of nitrogens with one attached hydrogen (secondary N) is 1. The quantitative estimate of drug-likeness (QED) is 0.728. The molecule has 3 rings (SSSR count). The van der Waals surface area contributed by atoms with Crippen LogP contribution in [0.1, 0.15) is 27.5 Å². The molecule has 2 atom stereocenters. The molecule has 0 aliphatic carbocycles. The van der Waals surface area contributed by atoms with E-state index in [4.69, 9.17) is 14.2 Å². The number of hydrogen-bond acceptors (Lipinski definition) is 6. The molecule has 2 aromatic carbocycles. The van der Waals surface area contributed by atoms with Crippen molar-refractivity contribution in [2.45, 2.75) is 12.5 Å². The zero-order valence-corrected chi connectivity index (χ0v) is 15.6. The van der Waals surface area contributed by atoms with Crippen LogP contribution < -0.4 is 14.8 Å². The first-order valence-electron chi connectivity index (χ1n) is 8.99. The Balaban J connectivity index is 1.77. The van der Waals surface area contributed by atoms with Crippen LogP contribution in [0.2, 0.25) is 0 Å². The molecular weight excluding hydrogens is 346 g/mol. The van der Waals surface area contributed by atoms with E-state index < -0.39 is 5.97 Å². The summed E-state index contributed by atoms with van der Waals surface area (Å²) in [4.78, 5) is 12.2. The number of esters is 1. The molecule has 2 N–H and O–H groups in total. The minimum Gasteiger partial charge on any atom is -0.493 e. The largest absolute Gasteiger partial charge is 0.493 e. The number of carbonyl (C=O) groups excluding carboxylic acids is 1. The maximum absolute atomic E-state index is 12.2. The molecule has 2 unspecified atom stereocenters. The van der Waals surface area contributed by atoms with Gasteiger partial charge in [-0.1, -0.05) is 18.2 Å². The summed E-state index contributed by atoms with van der Waals surface area (Å²) < 4.78 is 16.3. The number of rotatable bonds is 7. The topological polar surface area (TPSA) is 77.0 Å². The molecule has 27 heavy (non-hydrogen) atoms. The molecule has 0 amide bonds. The molecule has 1 aliphatic rings. The van der Waals surface area contributed by atoms with Crippen LogP contribution >= 0.6 is 0 Å². The summed E-state index contributed by atoms with van der Waals surface area (Å²) >= 11 is 0. The van der Waals surface area contributed by atoms with Gasteiger partial charge in [-0.3, -0.25) is 0 Å². The van der Waals surface area contributed by atoms with Crippen molar-refractivity contribution in [2.24, 2.45) is 5.92 Å². The van der Waals surface area contributed by atoms with Crippen LogP contribution in [0.5, 0.6) is 11.5 Å². The maximum atomic E-state index is 12.2. The highest BCUT2D eigenvalue weighted by molar-refractivity contribution is 5.89. The first kappa shape index (κ1) is 19.2. The summed E-state index contributed by atoms with van der Waals surface area (Å²) in [5, 5.41) is 13.4. The van der Waals surface area contributed by atoms with Crippen LogP contribution in [0.15, 0.2) is 42.5 Å². The highest BCUT2D eigenvalue weighted by Gasteiger charge is 2.30. The van der Waals surface area contributed by atoms with Gasteiger partial charge in [-0.2, -0.15) is 0 Å². The molecule has 0 spiro atoms. The Morgan fingerprint density at radius 1 is 1.19 bits per heavy atom. The lowest BCUT2D eigenvalue weighted by Crippen LogP contribution is -2.38. The lowest BCUT2D eigenvalue weighted by molar-refractivity contribution is 0.0333. The SMILES string of the molecule is COc1cc2c(cc1OC)C(C(CO)COC(=O)c1ccccc1)NCC2. The average Bonchev–Trinajstić information content (AvgIpc) is 2.73. The molecule has 144 valence electrons. The zero-order valence-electron chi connectivity index (χ0n) is 15.6. The highest BCUT2D eigenvalue weighted by Crippen LogP contribution is 2.37. The van der Waals surface area contributed by atoms with Gasteiger partial charge in [0.2, 0.25) is 0 Å². The lowest BCUT2D eigenvalue weighted by Gasteiger charge is -2.33. The van der Waals surface area contributed by atoms with Crippen LogP contribution in [-0.2, 0) is 11.2 Å². The van der Waals surface area contributed by atoms with Gasteiger partial charge in [-0.05, 0) is 48.4 Å². The van der Waals surface area contributed by atoms with Crippen molar-refractivity contribution in [3.63, 3.8) is 0 Å². The van der Waals surface area contributed by atoms with Crippen molar-refractivity contribution < 1.29 is 24.1 Å². The van der Waals surface area contributed by atoms with E-state index in [9.17, 15) is 9.90 Å². The summed E-state index contributed by atoms with van der Waals surface area (Å²) in [5.74, 6) is 0.670. The molecule has 6 heteroatoms. The van der Waals surface area contributed by atoms with Crippen molar-refractivity contribution >= 4 is 5.97 Å². The number of carbonyl (C=O) groups is 1. The Morgan fingerprint density at radius 2 is 1.89 bits per heavy atom. The van der Waals surface area contributed by atoms with E-state index in [2.05, 4.69) is 5.32 Å². The van der Waals surface area contributed by atoms with Gasteiger partial charge in [0.25, 0.3) is 0 Å². The first-order chi connectivity index (χ1) is 13.2. The number of hydrogen-bond donors (Lipinski definition) is 2. The van der Waals surface area contributed by atoms with Gasteiger partial charge in [0, 0.05) is 12.0 Å². The van der Waals surface area contributed by atoms with Crippen LogP contribution in [0.4, 0.5) is 0 Å². The van der Waals surface area contributed by atoms with E-state index in [0.717, 1.165) is 24.1 Å². The molecule has 0 fully saturated rings. The fraction of sp³-hybridized carbons (Fsp3) is 0.381. The molecule has 0 saturated carbocycles. The smallest absolute Gasteiger partial charge is 0.338 e. The second kappa shape index (κ2) is 8.88. The second-order valence-corrected chi connectivity index (χ2v) is 6.49. The van der Waals surface area contributed by atoms with Crippen molar-refractivity contribution in [1.82, 2.24) is 5.32 Å². The van der Waals surface area contributed by atoms with E-state index in [0.29, 0.717) is 17.1 Å². The average molecular weight is 371 g/mol. The molecule has 6 nitrogen and oxygen atoms in total. The fourth-order valence-corrected chi connectivity index (χ4v) is 3.43. The van der Waals surface area contributed by atoms with Gasteiger partial charge in [0.15, 0.2) is 11.5 Å². The predicted octanol–water partition coefficient (Wildman–Crippen LogP) is 2.36. The Morgan fingerprint density at radius 3 is 2.56 bits per heavy atom. The van der Waals surface area contributed by atoms with E-state index >= 15 is 0 Å². The normalized spacial score (nSPS) is 16.9. The third kappa shape index (κ3) is 4.23. The van der Waals surface area contributed by atoms with Gasteiger partial charge >= 0.3 is 5.97 Å². The zero-order chi connectivity index (χ0) is 19.2. The van der Waals surface area contributed by atoms with Gasteiger partial charge in [-0.25, -0.2) is 4.79 Å². The molecule has 0 radical (unpaired) electrons. The molecule has 1 heterocycles. The van der Waals surface area contributed by atoms with E-state index in [-0.39, 0.29) is 25.2 Å². The predicted molar refractivity (Wildman–Crippen MR) is 101 cm³/mol. The van der Waals surface area contributed by atoms with Crippen LogP contribution in [0.3, 0.4) is 0 Å². The van der Waals surface area contributed by atoms with E-state index in [1.165, 1.54) is 0 Å². The third-order valence-electron chi connectivity index (χ3n) is 4.88. The van der Waals surface area contributed by atoms with Crippen LogP contribution in [0.25, 0.3) is 0 Å². The molecular formula is C21H25NO5. The Hall–Kier alpha value is -2.57. The standard InChI is InChI=1S/C21H25NO5/c1-25-18-10-15-8-9-22-20(17(15)11-19(18)26-2)16(12-23)13-27-21(24)14-6-4-3-5-7-14/h3-7,10-11,16,20,22-23H,8-9,12-13H2,1-2H3. The summed E-state index contributed by atoms with van der Waals surface area (Å²) in [6.45, 7) is 0.791. The molecule has 0 bridgehead atoms. The van der Waals surface area contributed by atoms with Crippen molar-refractivity contribution in [1.29, 1.82) is 0 Å². The number of fused-ring (bicyclic) bond motifs is 1. The van der Waals surface area contributed by atoms with Crippen molar-refractivity contribution in [2.75, 3.05) is 34.0 Å². The summed E-state index contributed by atoms with van der Waals surface area (Å²) in [6.07, 6.45) is 0.855. The Bertz CT molecular complexity index is 778. The second-order valence-electron chi connectivity index (χ2n) is 6.49. The number of aliphatic hydroxyl groups is 1. The summed E-state index contributed by atoms with van der Waals surface area (Å²) in [7, 11) is 3.21. The third-order valence-corrected chi connectivity index (χ3v) is 4.88. The fourth-order valence-electron chi connectivity index (χ4n) is 3.43. The number of ether oxygens (including phenoxy) is 3. The number of aliphatic hydroxyl groups excluding tert-OH is 1. The number of benzene rings is 2. The highest BCUT2D eigenvalue weighted by atomic mass is 16.5. The van der Waals surface area contributed by atoms with Gasteiger partial charge in [-0.15, -0.1) is 0 Å². The Labute approximate surface area is 159 Å². The monoisotopic (exact) mass is 371 g/mol. The van der Waals surface area contributed by atoms with Gasteiger partial charge < -0.3 is 24.6 Å². The van der Waals surface area contributed by atoms with Crippen LogP contribution in [-0.4, -0.2) is 45.1 Å². The Kier molecular flexibility index (Phi) is 6.32. The van der Waals surface area contributed by atoms with Crippen molar-refractivity contribution in [3.8, 4) is 11.5 Å². The lowest BCUT2D eigenvalue weighted by atomic mass is 9.86. The minimum atomic E-state index is -0.391.